The molecule has 3 heterocycles. The molecule has 9 nitrogen and oxygen atoms in total. The van der Waals surface area contributed by atoms with Crippen LogP contribution in [0.1, 0.15) is 34.7 Å². The molecule has 4 atom stereocenters. The summed E-state index contributed by atoms with van der Waals surface area (Å²) in [4.78, 5) is 25.9. The molecule has 1 aliphatic carbocycles. The summed E-state index contributed by atoms with van der Waals surface area (Å²) in [5.74, 6) is -0.704. The summed E-state index contributed by atoms with van der Waals surface area (Å²) >= 11 is 0. The van der Waals surface area contributed by atoms with E-state index in [-0.39, 0.29) is 46.9 Å². The van der Waals surface area contributed by atoms with E-state index in [9.17, 15) is 24.8 Å². The maximum absolute atomic E-state index is 12.4. The van der Waals surface area contributed by atoms with Gasteiger partial charge in [0.2, 0.25) is 5.91 Å². The number of ether oxygens (including phenoxy) is 1. The topological polar surface area (TPSA) is 129 Å². The second-order valence-electron chi connectivity index (χ2n) is 8.01. The lowest BCUT2D eigenvalue weighted by Gasteiger charge is -2.40. The van der Waals surface area contributed by atoms with Gasteiger partial charge in [0, 0.05) is 12.4 Å². The average Bonchev–Trinajstić information content (AvgIpc) is 3.31. The minimum Gasteiger partial charge on any atom is -0.535 e. The molecule has 3 fully saturated rings. The van der Waals surface area contributed by atoms with Crippen molar-refractivity contribution in [3.05, 3.63) is 23.3 Å². The number of carbonyl (C=O) groups excluding carboxylic acids is 1. The van der Waals surface area contributed by atoms with E-state index in [1.165, 1.54) is 0 Å². The van der Waals surface area contributed by atoms with Crippen molar-refractivity contribution in [3.8, 4) is 11.5 Å². The van der Waals surface area contributed by atoms with E-state index < -0.39 is 19.2 Å². The van der Waals surface area contributed by atoms with Crippen molar-refractivity contribution in [3.63, 3.8) is 0 Å². The summed E-state index contributed by atoms with van der Waals surface area (Å²) in [6, 6.07) is 3.06. The van der Waals surface area contributed by atoms with Gasteiger partial charge >= 0.3 is 13.1 Å². The molecule has 1 aromatic carbocycles. The molecule has 0 aromatic heterocycles. The Bertz CT molecular complexity index is 843. The number of aliphatic hydroxyl groups is 1. The van der Waals surface area contributed by atoms with Gasteiger partial charge in [0.1, 0.15) is 23.2 Å². The van der Waals surface area contributed by atoms with Crippen LogP contribution in [0.15, 0.2) is 12.1 Å². The van der Waals surface area contributed by atoms with Crippen LogP contribution in [0.2, 0.25) is 5.82 Å². The minimum atomic E-state index is -1.17. The van der Waals surface area contributed by atoms with E-state index in [0.717, 1.165) is 12.0 Å². The molecule has 3 aliphatic heterocycles. The highest BCUT2D eigenvalue weighted by atomic mass is 16.5. The molecule has 0 radical (unpaired) electrons. The van der Waals surface area contributed by atoms with Crippen LogP contribution in [0.25, 0.3) is 0 Å². The summed E-state index contributed by atoms with van der Waals surface area (Å²) in [7, 11) is -0.989. The molecule has 1 saturated carbocycles. The third-order valence-electron chi connectivity index (χ3n) is 6.07. The van der Waals surface area contributed by atoms with Gasteiger partial charge in [0.25, 0.3) is 0 Å². The number of nitrogens with zero attached hydrogens (tertiary/aromatic N) is 1. The fourth-order valence-corrected chi connectivity index (χ4v) is 4.39. The molecule has 2 saturated heterocycles. The van der Waals surface area contributed by atoms with Crippen molar-refractivity contribution in [2.75, 3.05) is 19.6 Å². The first-order valence-corrected chi connectivity index (χ1v) is 9.54. The van der Waals surface area contributed by atoms with Crippen molar-refractivity contribution in [1.29, 1.82) is 0 Å². The Morgan fingerprint density at radius 1 is 1.29 bits per heavy atom. The Kier molecular flexibility index (Phi) is 4.04. The van der Waals surface area contributed by atoms with Crippen LogP contribution in [0.4, 0.5) is 0 Å². The lowest BCUT2D eigenvalue weighted by atomic mass is 9.77. The molecule has 4 N–H and O–H groups in total. The minimum absolute atomic E-state index is 0.0369. The molecule has 0 spiro atoms. The number of β-amino-alcohol motifs (C(OH)–C–C–N with tert-alkyl or cyclic N) is 1. The number of hydrogen-bond donors (Lipinski definition) is 4. The second kappa shape index (κ2) is 6.36. The summed E-state index contributed by atoms with van der Waals surface area (Å²) in [5.41, 5.74) is 0.726. The van der Waals surface area contributed by atoms with Gasteiger partial charge in [-0.25, -0.2) is 4.79 Å². The summed E-state index contributed by atoms with van der Waals surface area (Å²) in [6.07, 6.45) is 0.374. The van der Waals surface area contributed by atoms with Gasteiger partial charge in [-0.3, -0.25) is 4.79 Å². The molecule has 0 bridgehead atoms. The highest BCUT2D eigenvalue weighted by Gasteiger charge is 2.54. The number of aliphatic hydroxyl groups excluding tert-OH is 1. The number of benzene rings is 1. The number of hydrogen-bond acceptors (Lipinski definition) is 7. The number of nitrogens with one attached hydrogen (secondary N) is 1. The van der Waals surface area contributed by atoms with E-state index in [1.807, 2.05) is 0 Å². The maximum Gasteiger partial charge on any atom is 0.526 e. The predicted molar refractivity (Wildman–Crippen MR) is 96.5 cm³/mol. The van der Waals surface area contributed by atoms with Crippen LogP contribution >= 0.6 is 0 Å². The van der Waals surface area contributed by atoms with Crippen LogP contribution in [-0.2, 0) is 4.79 Å². The average molecular weight is 388 g/mol. The van der Waals surface area contributed by atoms with Gasteiger partial charge in [-0.15, -0.1) is 0 Å². The van der Waals surface area contributed by atoms with Crippen LogP contribution < -0.4 is 14.7 Å². The molecule has 10 heteroatoms. The van der Waals surface area contributed by atoms with Crippen LogP contribution in [0.3, 0.4) is 0 Å². The first-order valence-electron chi connectivity index (χ1n) is 9.54. The van der Waals surface area contributed by atoms with Crippen molar-refractivity contribution in [2.45, 2.75) is 42.8 Å². The first kappa shape index (κ1) is 17.8. The molecular formula is C18H21BN2O7. The van der Waals surface area contributed by atoms with Crippen LogP contribution in [0, 0.1) is 0 Å². The van der Waals surface area contributed by atoms with Crippen molar-refractivity contribution in [2.24, 2.45) is 0 Å². The number of likely N-dealkylation sites (tertiary alicyclic amines) is 1. The molecule has 1 amide bonds. The molecule has 4 aliphatic rings. The van der Waals surface area contributed by atoms with E-state index >= 15 is 0 Å². The number of aromatic carboxylic acids is 1. The highest BCUT2D eigenvalue weighted by molar-refractivity contribution is 6.48. The monoisotopic (exact) mass is 388 g/mol. The number of carboxylic acids is 1. The SMILES string of the molecule is O=C(O)c1c(OC2CN(C(=O)[C@@H]3CC(O)CN3)C2)ccc2c1OB(O)C1CC21. The number of carbonyl (C=O) groups is 2. The quantitative estimate of drug-likeness (QED) is 0.505. The zero-order valence-electron chi connectivity index (χ0n) is 15.1. The third-order valence-corrected chi connectivity index (χ3v) is 6.07. The summed E-state index contributed by atoms with van der Waals surface area (Å²) in [5, 5.41) is 32.2. The fourth-order valence-electron chi connectivity index (χ4n) is 4.39. The van der Waals surface area contributed by atoms with E-state index in [2.05, 4.69) is 5.32 Å². The smallest absolute Gasteiger partial charge is 0.526 e. The maximum atomic E-state index is 12.4. The summed E-state index contributed by atoms with van der Waals surface area (Å²) < 4.78 is 11.3. The largest absolute Gasteiger partial charge is 0.535 e. The number of carboxylic acid groups (broad SMARTS) is 1. The number of amides is 1. The molecule has 5 rings (SSSR count). The van der Waals surface area contributed by atoms with Gasteiger partial charge in [-0.1, -0.05) is 6.07 Å². The Morgan fingerprint density at radius 2 is 2.07 bits per heavy atom. The molecule has 1 aromatic rings. The molecular weight excluding hydrogens is 367 g/mol. The van der Waals surface area contributed by atoms with Crippen LogP contribution in [0.5, 0.6) is 11.5 Å². The van der Waals surface area contributed by atoms with Crippen molar-refractivity contribution >= 4 is 19.0 Å². The lowest BCUT2D eigenvalue weighted by Crippen LogP contribution is -2.59. The van der Waals surface area contributed by atoms with Gasteiger partial charge < -0.3 is 34.8 Å². The molecule has 28 heavy (non-hydrogen) atoms. The van der Waals surface area contributed by atoms with Gasteiger partial charge in [-0.2, -0.15) is 0 Å². The normalized spacial score (nSPS) is 30.8. The van der Waals surface area contributed by atoms with E-state index in [0.29, 0.717) is 26.1 Å². The Balaban J connectivity index is 1.28. The Hall–Kier alpha value is -2.30. The van der Waals surface area contributed by atoms with Gasteiger partial charge in [0.15, 0.2) is 0 Å². The standard InChI is InChI=1S/C18H21BN2O7/c22-8-3-13(20-5-8)17(23)21-6-9(7-21)27-14-2-1-10-11-4-12(11)19(26)28-16(10)15(14)18(24)25/h1-2,8-9,11-13,20,22,26H,3-7H2,(H,24,25)/t8?,11?,12?,13-/m0/s1. The van der Waals surface area contributed by atoms with E-state index in [4.69, 9.17) is 9.39 Å². The first-order chi connectivity index (χ1) is 13.4. The second-order valence-corrected chi connectivity index (χ2v) is 8.01. The Labute approximate surface area is 161 Å². The fraction of sp³-hybridized carbons (Fsp3) is 0.556. The number of fused-ring (bicyclic) bond motifs is 3. The van der Waals surface area contributed by atoms with Crippen molar-refractivity contribution in [1.82, 2.24) is 10.2 Å². The Morgan fingerprint density at radius 3 is 2.75 bits per heavy atom. The predicted octanol–water partition coefficient (Wildman–Crippen LogP) is -0.572. The van der Waals surface area contributed by atoms with Crippen LogP contribution in [-0.4, -0.2) is 77.0 Å². The van der Waals surface area contributed by atoms with Crippen molar-refractivity contribution < 1.29 is 34.2 Å². The van der Waals surface area contributed by atoms with E-state index in [1.54, 1.807) is 17.0 Å². The molecule has 148 valence electrons. The molecule has 3 unspecified atom stereocenters. The van der Waals surface area contributed by atoms with Gasteiger partial charge in [0.05, 0.1) is 25.2 Å². The zero-order chi connectivity index (χ0) is 19.6. The highest BCUT2D eigenvalue weighted by Crippen LogP contribution is 2.60. The zero-order valence-corrected chi connectivity index (χ0v) is 15.1. The number of rotatable bonds is 4. The lowest BCUT2D eigenvalue weighted by molar-refractivity contribution is -0.142. The third kappa shape index (κ3) is 2.83. The van der Waals surface area contributed by atoms with Gasteiger partial charge in [-0.05, 0) is 30.4 Å². The summed E-state index contributed by atoms with van der Waals surface area (Å²) in [6.45, 7) is 1.13.